The van der Waals surface area contributed by atoms with Gasteiger partial charge in [-0.25, -0.2) is 4.98 Å². The Morgan fingerprint density at radius 3 is 2.45 bits per heavy atom. The molecule has 0 bridgehead atoms. The average Bonchev–Trinajstić information content (AvgIpc) is 2.91. The summed E-state index contributed by atoms with van der Waals surface area (Å²) in [6, 6.07) is 12.4. The molecule has 3 nitrogen and oxygen atoms in total. The van der Waals surface area contributed by atoms with Gasteiger partial charge in [-0.05, 0) is 23.6 Å². The second-order valence-corrected chi connectivity index (χ2v) is 5.03. The lowest BCUT2D eigenvalue weighted by molar-refractivity contribution is 0.281. The molecule has 0 atom stereocenters. The van der Waals surface area contributed by atoms with Gasteiger partial charge in [-0.1, -0.05) is 43.7 Å². The van der Waals surface area contributed by atoms with Crippen LogP contribution in [0.4, 0.5) is 0 Å². The lowest BCUT2D eigenvalue weighted by Crippen LogP contribution is -1.88. The number of hydrogen-bond acceptors (Lipinski definition) is 2. The highest BCUT2D eigenvalue weighted by Crippen LogP contribution is 2.20. The number of aliphatic hydroxyl groups excluding tert-OH is 1. The normalized spacial score (nSPS) is 11.1. The van der Waals surface area contributed by atoms with E-state index in [4.69, 9.17) is 5.11 Å². The summed E-state index contributed by atoms with van der Waals surface area (Å²) in [5.74, 6) is 0. The molecular formula is C17H18N2O. The maximum absolute atomic E-state index is 9.17. The van der Waals surface area contributed by atoms with Crippen LogP contribution in [0.15, 0.2) is 48.8 Å². The van der Waals surface area contributed by atoms with Crippen LogP contribution < -0.4 is 0 Å². The van der Waals surface area contributed by atoms with Crippen LogP contribution in [-0.2, 0) is 13.0 Å². The summed E-state index contributed by atoms with van der Waals surface area (Å²) in [6.45, 7) is 2.24. The summed E-state index contributed by atoms with van der Waals surface area (Å²) in [4.78, 5) is 4.62. The van der Waals surface area contributed by atoms with Crippen LogP contribution in [0.2, 0.25) is 0 Å². The second-order valence-electron chi connectivity index (χ2n) is 5.03. The van der Waals surface area contributed by atoms with E-state index in [9.17, 15) is 0 Å². The minimum absolute atomic E-state index is 0.0508. The standard InChI is InChI=1S/C17H18N2O/c1-2-3-13-4-7-15(8-5-13)16-11-19-10-14(12-20)6-9-17(19)18-16/h4-11,20H,2-3,12H2,1H3. The maximum Gasteiger partial charge on any atom is 0.137 e. The summed E-state index contributed by atoms with van der Waals surface area (Å²) in [5, 5.41) is 9.17. The van der Waals surface area contributed by atoms with Gasteiger partial charge < -0.3 is 9.51 Å². The molecule has 3 aromatic rings. The maximum atomic E-state index is 9.17. The van der Waals surface area contributed by atoms with Crippen molar-refractivity contribution in [2.24, 2.45) is 0 Å². The molecule has 3 rings (SSSR count). The first-order valence-electron chi connectivity index (χ1n) is 6.98. The van der Waals surface area contributed by atoms with Crippen molar-refractivity contribution >= 4 is 5.65 Å². The van der Waals surface area contributed by atoms with E-state index in [1.165, 1.54) is 5.56 Å². The summed E-state index contributed by atoms with van der Waals surface area (Å²) in [5.41, 5.74) is 5.24. The van der Waals surface area contributed by atoms with E-state index in [0.717, 1.165) is 35.3 Å². The van der Waals surface area contributed by atoms with Crippen molar-refractivity contribution < 1.29 is 5.11 Å². The fourth-order valence-corrected chi connectivity index (χ4v) is 2.40. The Balaban J connectivity index is 1.96. The molecule has 0 aliphatic carbocycles. The topological polar surface area (TPSA) is 37.5 Å². The molecule has 3 heteroatoms. The Morgan fingerprint density at radius 1 is 1.00 bits per heavy atom. The lowest BCUT2D eigenvalue weighted by Gasteiger charge is -2.00. The lowest BCUT2D eigenvalue weighted by atomic mass is 10.1. The van der Waals surface area contributed by atoms with Gasteiger partial charge in [-0.15, -0.1) is 0 Å². The number of imidazole rings is 1. The van der Waals surface area contributed by atoms with Gasteiger partial charge in [0.2, 0.25) is 0 Å². The fourth-order valence-electron chi connectivity index (χ4n) is 2.40. The number of aromatic nitrogens is 2. The van der Waals surface area contributed by atoms with E-state index >= 15 is 0 Å². The van der Waals surface area contributed by atoms with Gasteiger partial charge in [0.15, 0.2) is 0 Å². The van der Waals surface area contributed by atoms with Crippen LogP contribution in [0.1, 0.15) is 24.5 Å². The van der Waals surface area contributed by atoms with Crippen LogP contribution >= 0.6 is 0 Å². The van der Waals surface area contributed by atoms with Crippen molar-refractivity contribution in [3.63, 3.8) is 0 Å². The Bertz CT molecular complexity index is 713. The summed E-state index contributed by atoms with van der Waals surface area (Å²) in [7, 11) is 0. The molecule has 0 aliphatic rings. The predicted molar refractivity (Wildman–Crippen MR) is 80.5 cm³/mol. The van der Waals surface area contributed by atoms with E-state index in [2.05, 4.69) is 36.2 Å². The number of hydrogen-bond donors (Lipinski definition) is 1. The summed E-state index contributed by atoms with van der Waals surface area (Å²) >= 11 is 0. The number of aliphatic hydroxyl groups is 1. The van der Waals surface area contributed by atoms with Crippen LogP contribution in [0.3, 0.4) is 0 Å². The molecule has 0 aliphatic heterocycles. The van der Waals surface area contributed by atoms with Gasteiger partial charge in [0.25, 0.3) is 0 Å². The van der Waals surface area contributed by atoms with E-state index in [1.54, 1.807) is 0 Å². The molecule has 1 aromatic carbocycles. The molecule has 102 valence electrons. The Kier molecular flexibility index (Phi) is 3.52. The van der Waals surface area contributed by atoms with Crippen molar-refractivity contribution in [1.82, 2.24) is 9.38 Å². The minimum Gasteiger partial charge on any atom is -0.392 e. The number of nitrogens with zero attached hydrogens (tertiary/aromatic N) is 2. The number of fused-ring (bicyclic) bond motifs is 1. The smallest absolute Gasteiger partial charge is 0.137 e. The third kappa shape index (κ3) is 2.45. The highest BCUT2D eigenvalue weighted by atomic mass is 16.3. The monoisotopic (exact) mass is 266 g/mol. The number of pyridine rings is 1. The molecule has 2 aromatic heterocycles. The molecule has 1 N–H and O–H groups in total. The van der Waals surface area contributed by atoms with E-state index in [-0.39, 0.29) is 6.61 Å². The van der Waals surface area contributed by atoms with Crippen molar-refractivity contribution in [3.8, 4) is 11.3 Å². The second kappa shape index (κ2) is 5.47. The average molecular weight is 266 g/mol. The molecule has 0 saturated carbocycles. The van der Waals surface area contributed by atoms with E-state index in [0.29, 0.717) is 0 Å². The Labute approximate surface area is 118 Å². The largest absolute Gasteiger partial charge is 0.392 e. The highest BCUT2D eigenvalue weighted by Gasteiger charge is 2.05. The zero-order valence-corrected chi connectivity index (χ0v) is 11.6. The van der Waals surface area contributed by atoms with Gasteiger partial charge in [-0.3, -0.25) is 0 Å². The number of aryl methyl sites for hydroxylation is 1. The fraction of sp³-hybridized carbons (Fsp3) is 0.235. The Hall–Kier alpha value is -2.13. The SMILES string of the molecule is CCCc1ccc(-c2cn3cc(CO)ccc3n2)cc1. The first-order valence-corrected chi connectivity index (χ1v) is 6.98. The van der Waals surface area contributed by atoms with Crippen LogP contribution in [0.25, 0.3) is 16.9 Å². The summed E-state index contributed by atoms with van der Waals surface area (Å²) in [6.07, 6.45) is 6.20. The molecule has 0 saturated heterocycles. The zero-order valence-electron chi connectivity index (χ0n) is 11.6. The van der Waals surface area contributed by atoms with Crippen LogP contribution in [0, 0.1) is 0 Å². The van der Waals surface area contributed by atoms with E-state index < -0.39 is 0 Å². The van der Waals surface area contributed by atoms with Gasteiger partial charge in [0.05, 0.1) is 12.3 Å². The molecule has 0 amide bonds. The first kappa shape index (κ1) is 12.9. The van der Waals surface area contributed by atoms with Crippen molar-refractivity contribution in [3.05, 3.63) is 59.9 Å². The van der Waals surface area contributed by atoms with E-state index in [1.807, 2.05) is 28.9 Å². The molecule has 0 fully saturated rings. The van der Waals surface area contributed by atoms with Gasteiger partial charge >= 0.3 is 0 Å². The van der Waals surface area contributed by atoms with Crippen LogP contribution in [0.5, 0.6) is 0 Å². The molecule has 2 heterocycles. The predicted octanol–water partition coefficient (Wildman–Crippen LogP) is 3.45. The van der Waals surface area contributed by atoms with Crippen molar-refractivity contribution in [2.75, 3.05) is 0 Å². The first-order chi connectivity index (χ1) is 9.80. The molecule has 20 heavy (non-hydrogen) atoms. The molecule has 0 radical (unpaired) electrons. The number of benzene rings is 1. The van der Waals surface area contributed by atoms with Crippen molar-refractivity contribution in [1.29, 1.82) is 0 Å². The minimum atomic E-state index is 0.0508. The van der Waals surface area contributed by atoms with Gasteiger partial charge in [-0.2, -0.15) is 0 Å². The molecule has 0 unspecified atom stereocenters. The zero-order chi connectivity index (χ0) is 13.9. The quantitative estimate of drug-likeness (QED) is 0.785. The van der Waals surface area contributed by atoms with Crippen LogP contribution in [-0.4, -0.2) is 14.5 Å². The summed E-state index contributed by atoms with van der Waals surface area (Å²) < 4.78 is 1.96. The number of rotatable bonds is 4. The van der Waals surface area contributed by atoms with Crippen molar-refractivity contribution in [2.45, 2.75) is 26.4 Å². The Morgan fingerprint density at radius 2 is 1.75 bits per heavy atom. The van der Waals surface area contributed by atoms with Gasteiger partial charge in [0, 0.05) is 18.0 Å². The third-order valence-corrected chi connectivity index (χ3v) is 3.48. The van der Waals surface area contributed by atoms with Gasteiger partial charge in [0.1, 0.15) is 5.65 Å². The molecule has 0 spiro atoms. The highest BCUT2D eigenvalue weighted by molar-refractivity contribution is 5.63. The third-order valence-electron chi connectivity index (χ3n) is 3.48. The molecular weight excluding hydrogens is 248 g/mol.